The van der Waals surface area contributed by atoms with E-state index >= 15 is 0 Å². The van der Waals surface area contributed by atoms with Crippen LogP contribution in [0.15, 0.2) is 18.2 Å². The Morgan fingerprint density at radius 3 is 2.86 bits per heavy atom. The van der Waals surface area contributed by atoms with E-state index < -0.39 is 18.0 Å². The maximum absolute atomic E-state index is 11.6. The van der Waals surface area contributed by atoms with Gasteiger partial charge in [-0.2, -0.15) is 0 Å². The Morgan fingerprint density at radius 2 is 2.10 bits per heavy atom. The van der Waals surface area contributed by atoms with E-state index in [-0.39, 0.29) is 13.2 Å². The second-order valence-electron chi connectivity index (χ2n) is 4.92. The van der Waals surface area contributed by atoms with Crippen LogP contribution in [0.2, 0.25) is 0 Å². The van der Waals surface area contributed by atoms with Gasteiger partial charge in [-0.25, -0.2) is 4.79 Å². The van der Waals surface area contributed by atoms with Gasteiger partial charge in [0, 0.05) is 0 Å². The summed E-state index contributed by atoms with van der Waals surface area (Å²) in [5, 5.41) is 11.7. The molecule has 0 aromatic heterocycles. The average Bonchev–Trinajstić information content (AvgIpc) is 2.97. The summed E-state index contributed by atoms with van der Waals surface area (Å²) in [6, 6.07) is 5.83. The maximum Gasteiger partial charge on any atom is 0.336 e. The molecule has 0 bridgehead atoms. The molecule has 0 fully saturated rings. The Bertz CT molecular complexity index is 529. The molecule has 1 unspecified atom stereocenters. The molecule has 1 aliphatic rings. The van der Waals surface area contributed by atoms with E-state index in [1.165, 1.54) is 18.2 Å². The minimum absolute atomic E-state index is 0.160. The van der Waals surface area contributed by atoms with Crippen LogP contribution in [-0.4, -0.2) is 43.3 Å². The summed E-state index contributed by atoms with van der Waals surface area (Å²) in [7, 11) is 1.17. The Hall–Kier alpha value is -2.08. The highest BCUT2D eigenvalue weighted by Gasteiger charge is 2.16. The Labute approximate surface area is 123 Å². The van der Waals surface area contributed by atoms with Crippen LogP contribution in [0.5, 0.6) is 5.75 Å². The summed E-state index contributed by atoms with van der Waals surface area (Å²) in [6.45, 7) is -0.355. The van der Waals surface area contributed by atoms with E-state index in [1.807, 2.05) is 18.2 Å². The molecule has 2 rings (SSSR count). The Morgan fingerprint density at radius 1 is 1.33 bits per heavy atom. The van der Waals surface area contributed by atoms with Crippen molar-refractivity contribution in [1.29, 1.82) is 0 Å². The van der Waals surface area contributed by atoms with Crippen molar-refractivity contribution in [3.63, 3.8) is 0 Å². The van der Waals surface area contributed by atoms with E-state index in [2.05, 4.69) is 10.1 Å². The molecule has 114 valence electrons. The third-order valence-electron chi connectivity index (χ3n) is 3.41. The third kappa shape index (κ3) is 4.19. The average molecular weight is 293 g/mol. The number of carbonyl (C=O) groups is 2. The highest BCUT2D eigenvalue weighted by molar-refractivity contribution is 5.79. The van der Waals surface area contributed by atoms with Gasteiger partial charge >= 0.3 is 5.97 Å². The fourth-order valence-electron chi connectivity index (χ4n) is 2.27. The second kappa shape index (κ2) is 7.08. The molecule has 0 heterocycles. The van der Waals surface area contributed by atoms with Crippen molar-refractivity contribution < 1.29 is 24.2 Å². The molecule has 6 nitrogen and oxygen atoms in total. The molecule has 0 spiro atoms. The summed E-state index contributed by atoms with van der Waals surface area (Å²) in [6.07, 6.45) is 1.94. The van der Waals surface area contributed by atoms with Crippen LogP contribution >= 0.6 is 0 Å². The van der Waals surface area contributed by atoms with Gasteiger partial charge in [0.15, 0.2) is 12.7 Å². The lowest BCUT2D eigenvalue weighted by Gasteiger charge is -2.11. The predicted octanol–water partition coefficient (Wildman–Crippen LogP) is 0.204. The predicted molar refractivity (Wildman–Crippen MR) is 75.0 cm³/mol. The van der Waals surface area contributed by atoms with E-state index in [0.29, 0.717) is 5.75 Å². The number of hydrogen-bond donors (Lipinski definition) is 2. The van der Waals surface area contributed by atoms with Crippen LogP contribution in [-0.2, 0) is 27.2 Å². The van der Waals surface area contributed by atoms with Crippen LogP contribution in [0.3, 0.4) is 0 Å². The van der Waals surface area contributed by atoms with Crippen molar-refractivity contribution in [2.45, 2.75) is 25.4 Å². The second-order valence-corrected chi connectivity index (χ2v) is 4.92. The molecule has 0 saturated carbocycles. The number of esters is 1. The highest BCUT2D eigenvalue weighted by Crippen LogP contribution is 2.25. The van der Waals surface area contributed by atoms with E-state index in [4.69, 9.17) is 4.74 Å². The first kappa shape index (κ1) is 15.3. The van der Waals surface area contributed by atoms with Crippen LogP contribution in [0.25, 0.3) is 0 Å². The van der Waals surface area contributed by atoms with Crippen LogP contribution in [0, 0.1) is 0 Å². The summed E-state index contributed by atoms with van der Waals surface area (Å²) >= 11 is 0. The SMILES string of the molecule is COC(=O)C(O)CNC(=O)COc1ccc2c(c1)CCC2. The molecule has 21 heavy (non-hydrogen) atoms. The van der Waals surface area contributed by atoms with Crippen molar-refractivity contribution in [2.75, 3.05) is 20.3 Å². The number of benzene rings is 1. The largest absolute Gasteiger partial charge is 0.484 e. The molecule has 1 aromatic rings. The number of hydrogen-bond acceptors (Lipinski definition) is 5. The first-order valence-corrected chi connectivity index (χ1v) is 6.87. The van der Waals surface area contributed by atoms with E-state index in [9.17, 15) is 14.7 Å². The number of amides is 1. The zero-order valence-electron chi connectivity index (χ0n) is 11.9. The summed E-state index contributed by atoms with van der Waals surface area (Å²) in [5.74, 6) is -0.535. The number of fused-ring (bicyclic) bond motifs is 1. The quantitative estimate of drug-likeness (QED) is 0.732. The van der Waals surface area contributed by atoms with Gasteiger partial charge in [-0.3, -0.25) is 4.79 Å². The normalized spacial score (nSPS) is 14.2. The Balaban J connectivity index is 1.75. The molecule has 0 aliphatic heterocycles. The standard InChI is InChI=1S/C15H19NO5/c1-20-15(19)13(17)8-16-14(18)9-21-12-6-5-10-3-2-4-11(10)7-12/h5-7,13,17H,2-4,8-9H2,1H3,(H,16,18). The van der Waals surface area contributed by atoms with Crippen molar-refractivity contribution in [3.8, 4) is 5.75 Å². The van der Waals surface area contributed by atoms with Crippen molar-refractivity contribution in [3.05, 3.63) is 29.3 Å². The smallest absolute Gasteiger partial charge is 0.336 e. The molecular weight excluding hydrogens is 274 g/mol. The fourth-order valence-corrected chi connectivity index (χ4v) is 2.27. The van der Waals surface area contributed by atoms with Crippen molar-refractivity contribution in [2.24, 2.45) is 0 Å². The van der Waals surface area contributed by atoms with E-state index in [0.717, 1.165) is 19.3 Å². The lowest BCUT2D eigenvalue weighted by molar-refractivity contribution is -0.150. The highest BCUT2D eigenvalue weighted by atomic mass is 16.5. The van der Waals surface area contributed by atoms with Crippen LogP contribution < -0.4 is 10.1 Å². The number of rotatable bonds is 6. The first-order chi connectivity index (χ1) is 10.1. The number of aliphatic hydroxyl groups excluding tert-OH is 1. The molecule has 1 atom stereocenters. The van der Waals surface area contributed by atoms with Gasteiger partial charge in [0.25, 0.3) is 5.91 Å². The lowest BCUT2D eigenvalue weighted by atomic mass is 10.1. The molecule has 6 heteroatoms. The zero-order valence-corrected chi connectivity index (χ0v) is 11.9. The number of aryl methyl sites for hydroxylation is 2. The Kier molecular flexibility index (Phi) is 5.16. The number of ether oxygens (including phenoxy) is 2. The van der Waals surface area contributed by atoms with Crippen LogP contribution in [0.1, 0.15) is 17.5 Å². The summed E-state index contributed by atoms with van der Waals surface area (Å²) in [5.41, 5.74) is 2.61. The zero-order chi connectivity index (χ0) is 15.2. The van der Waals surface area contributed by atoms with Gasteiger partial charge in [-0.05, 0) is 42.5 Å². The molecule has 0 radical (unpaired) electrons. The maximum atomic E-state index is 11.6. The monoisotopic (exact) mass is 293 g/mol. The number of aliphatic hydroxyl groups is 1. The van der Waals surface area contributed by atoms with Crippen molar-refractivity contribution in [1.82, 2.24) is 5.32 Å². The topological polar surface area (TPSA) is 84.9 Å². The third-order valence-corrected chi connectivity index (χ3v) is 3.41. The van der Waals surface area contributed by atoms with Gasteiger partial charge in [0.1, 0.15) is 5.75 Å². The summed E-state index contributed by atoms with van der Waals surface area (Å²) in [4.78, 5) is 22.5. The first-order valence-electron chi connectivity index (χ1n) is 6.87. The minimum atomic E-state index is -1.36. The minimum Gasteiger partial charge on any atom is -0.484 e. The molecule has 1 aromatic carbocycles. The van der Waals surface area contributed by atoms with Gasteiger partial charge in [0.05, 0.1) is 13.7 Å². The molecule has 2 N–H and O–H groups in total. The molecule has 1 aliphatic carbocycles. The van der Waals surface area contributed by atoms with Gasteiger partial charge in [0.2, 0.25) is 0 Å². The number of carbonyl (C=O) groups excluding carboxylic acids is 2. The molecule has 0 saturated heterocycles. The van der Waals surface area contributed by atoms with Gasteiger partial charge in [-0.1, -0.05) is 6.07 Å². The van der Waals surface area contributed by atoms with Crippen LogP contribution in [0.4, 0.5) is 0 Å². The fraction of sp³-hybridized carbons (Fsp3) is 0.467. The van der Waals surface area contributed by atoms with Gasteiger partial charge < -0.3 is 19.9 Å². The summed E-state index contributed by atoms with van der Waals surface area (Å²) < 4.78 is 9.75. The molecular formula is C15H19NO5. The molecule has 1 amide bonds. The van der Waals surface area contributed by atoms with E-state index in [1.54, 1.807) is 0 Å². The number of nitrogens with one attached hydrogen (secondary N) is 1. The van der Waals surface area contributed by atoms with Crippen molar-refractivity contribution >= 4 is 11.9 Å². The number of methoxy groups -OCH3 is 1. The lowest BCUT2D eigenvalue weighted by Crippen LogP contribution is -2.39. The van der Waals surface area contributed by atoms with Gasteiger partial charge in [-0.15, -0.1) is 0 Å².